The van der Waals surface area contributed by atoms with Crippen LogP contribution in [0.5, 0.6) is 11.5 Å². The highest BCUT2D eigenvalue weighted by Gasteiger charge is 2.28. The van der Waals surface area contributed by atoms with Crippen molar-refractivity contribution in [3.63, 3.8) is 0 Å². The third-order valence-electron chi connectivity index (χ3n) is 6.52. The molecule has 4 rings (SSSR count). The summed E-state index contributed by atoms with van der Waals surface area (Å²) in [6.07, 6.45) is 1.57. The Morgan fingerprint density at radius 3 is 2.08 bits per heavy atom. The van der Waals surface area contributed by atoms with Crippen molar-refractivity contribution in [1.29, 1.82) is 0 Å². The zero-order valence-electron chi connectivity index (χ0n) is 22.1. The summed E-state index contributed by atoms with van der Waals surface area (Å²) < 4.78 is 11.4. The highest BCUT2D eigenvalue weighted by atomic mass is 79.9. The maximum absolute atomic E-state index is 13.8. The van der Waals surface area contributed by atoms with Crippen molar-refractivity contribution in [2.75, 3.05) is 50.6 Å². The summed E-state index contributed by atoms with van der Waals surface area (Å²) in [6.45, 7) is 3.61. The predicted molar refractivity (Wildman–Crippen MR) is 156 cm³/mol. The Morgan fingerprint density at radius 1 is 0.872 bits per heavy atom. The van der Waals surface area contributed by atoms with Crippen molar-refractivity contribution in [3.8, 4) is 11.5 Å². The van der Waals surface area contributed by atoms with Gasteiger partial charge in [-0.1, -0.05) is 34.1 Å². The first-order valence-corrected chi connectivity index (χ1v) is 13.2. The molecule has 3 aromatic carbocycles. The van der Waals surface area contributed by atoms with Gasteiger partial charge in [0.25, 0.3) is 11.8 Å². The molecule has 0 unspecified atom stereocenters. The summed E-state index contributed by atoms with van der Waals surface area (Å²) in [7, 11) is 3.07. The number of benzene rings is 3. The number of nitrogens with one attached hydrogen (secondary N) is 1. The Kier molecular flexibility index (Phi) is 9.03. The van der Waals surface area contributed by atoms with Crippen LogP contribution in [0.1, 0.15) is 22.8 Å². The lowest BCUT2D eigenvalue weighted by atomic mass is 10.1. The molecular weight excluding hydrogens is 562 g/mol. The number of methoxy groups -OCH3 is 2. The van der Waals surface area contributed by atoms with Gasteiger partial charge in [0.1, 0.15) is 5.57 Å². The van der Waals surface area contributed by atoms with Gasteiger partial charge in [0.2, 0.25) is 0 Å². The molecule has 9 heteroatoms. The molecule has 0 aromatic heterocycles. The molecule has 0 aliphatic carbocycles. The standard InChI is InChI=1S/C30H30BrN3O5/c1-20(35)21-9-11-24(12-10-21)33-13-15-34(16-14-33)30(37)25(29(36)32-23-7-5-4-6-8-23)17-22-18-27(38-2)28(39-3)19-26(22)31/h4-12,17-19H,13-16H2,1-3H3,(H,32,36). The van der Waals surface area contributed by atoms with Crippen molar-refractivity contribution < 1.29 is 23.9 Å². The average Bonchev–Trinajstić information content (AvgIpc) is 2.96. The SMILES string of the molecule is COc1cc(Br)c(C=C(C(=O)Nc2ccccc2)C(=O)N2CCN(c3ccc(C(C)=O)cc3)CC2)cc1OC. The largest absolute Gasteiger partial charge is 0.493 e. The number of anilines is 2. The second-order valence-corrected chi connectivity index (χ2v) is 9.84. The maximum atomic E-state index is 13.8. The fourth-order valence-electron chi connectivity index (χ4n) is 4.33. The molecular formula is C30H30BrN3O5. The zero-order chi connectivity index (χ0) is 27.9. The van der Waals surface area contributed by atoms with Gasteiger partial charge in [0.05, 0.1) is 14.2 Å². The third kappa shape index (κ3) is 6.67. The first-order valence-electron chi connectivity index (χ1n) is 12.5. The Labute approximate surface area is 236 Å². The number of amides is 2. The molecule has 1 fully saturated rings. The van der Waals surface area contributed by atoms with Crippen LogP contribution in [0.15, 0.2) is 76.8 Å². The van der Waals surface area contributed by atoms with E-state index in [2.05, 4.69) is 26.1 Å². The first kappa shape index (κ1) is 27.9. The van der Waals surface area contributed by atoms with Crippen LogP contribution in [-0.4, -0.2) is 62.9 Å². The second kappa shape index (κ2) is 12.6. The number of rotatable bonds is 8. The van der Waals surface area contributed by atoms with E-state index in [1.807, 2.05) is 42.5 Å². The van der Waals surface area contributed by atoms with E-state index in [0.717, 1.165) is 5.69 Å². The van der Waals surface area contributed by atoms with E-state index in [-0.39, 0.29) is 17.3 Å². The normalized spacial score (nSPS) is 13.6. The molecule has 1 aliphatic rings. The summed E-state index contributed by atoms with van der Waals surface area (Å²) in [5.41, 5.74) is 2.84. The maximum Gasteiger partial charge on any atom is 0.261 e. The summed E-state index contributed by atoms with van der Waals surface area (Å²) >= 11 is 3.52. The van der Waals surface area contributed by atoms with E-state index >= 15 is 0 Å². The number of ketones is 1. The molecule has 1 saturated heterocycles. The number of nitrogens with zero attached hydrogens (tertiary/aromatic N) is 2. The summed E-state index contributed by atoms with van der Waals surface area (Å²) in [5, 5.41) is 2.84. The van der Waals surface area contributed by atoms with Crippen LogP contribution in [0.25, 0.3) is 6.08 Å². The summed E-state index contributed by atoms with van der Waals surface area (Å²) in [6, 6.07) is 19.9. The van der Waals surface area contributed by atoms with Gasteiger partial charge in [-0.25, -0.2) is 0 Å². The van der Waals surface area contributed by atoms with Crippen molar-refractivity contribution >= 4 is 51.0 Å². The Hall–Kier alpha value is -4.11. The van der Waals surface area contributed by atoms with E-state index in [4.69, 9.17) is 9.47 Å². The molecule has 0 atom stereocenters. The molecule has 1 aliphatic heterocycles. The van der Waals surface area contributed by atoms with Crippen molar-refractivity contribution in [2.45, 2.75) is 6.92 Å². The van der Waals surface area contributed by atoms with Gasteiger partial charge in [0, 0.05) is 47.6 Å². The van der Waals surface area contributed by atoms with Crippen LogP contribution in [-0.2, 0) is 9.59 Å². The topological polar surface area (TPSA) is 88.2 Å². The molecule has 8 nitrogen and oxygen atoms in total. The molecule has 202 valence electrons. The van der Waals surface area contributed by atoms with E-state index in [0.29, 0.717) is 59.0 Å². The highest BCUT2D eigenvalue weighted by molar-refractivity contribution is 9.10. The predicted octanol–water partition coefficient (Wildman–Crippen LogP) is 5.04. The van der Waals surface area contributed by atoms with Crippen LogP contribution in [0.4, 0.5) is 11.4 Å². The van der Waals surface area contributed by atoms with Crippen LogP contribution in [0.2, 0.25) is 0 Å². The Morgan fingerprint density at radius 2 is 1.49 bits per heavy atom. The zero-order valence-corrected chi connectivity index (χ0v) is 23.7. The van der Waals surface area contributed by atoms with Crippen LogP contribution in [0, 0.1) is 0 Å². The van der Waals surface area contributed by atoms with E-state index < -0.39 is 5.91 Å². The van der Waals surface area contributed by atoms with Crippen LogP contribution in [0.3, 0.4) is 0 Å². The fourth-order valence-corrected chi connectivity index (χ4v) is 4.76. The molecule has 0 saturated carbocycles. The molecule has 0 spiro atoms. The number of hydrogen-bond acceptors (Lipinski definition) is 6. The number of hydrogen-bond donors (Lipinski definition) is 1. The van der Waals surface area contributed by atoms with Gasteiger partial charge >= 0.3 is 0 Å². The number of para-hydroxylation sites is 1. The lowest BCUT2D eigenvalue weighted by molar-refractivity contribution is -0.129. The number of Topliss-reactive ketones (excluding diaryl/α,β-unsaturated/α-hetero) is 1. The average molecular weight is 592 g/mol. The van der Waals surface area contributed by atoms with Gasteiger partial charge in [-0.3, -0.25) is 14.4 Å². The second-order valence-electron chi connectivity index (χ2n) is 8.99. The Bertz CT molecular complexity index is 1380. The lowest BCUT2D eigenvalue weighted by Crippen LogP contribution is -2.50. The number of carbonyl (C=O) groups excluding carboxylic acids is 3. The first-order chi connectivity index (χ1) is 18.8. The van der Waals surface area contributed by atoms with Crippen LogP contribution >= 0.6 is 15.9 Å². The fraction of sp³-hybridized carbons (Fsp3) is 0.233. The van der Waals surface area contributed by atoms with Crippen molar-refractivity contribution in [3.05, 3.63) is 87.9 Å². The molecule has 0 radical (unpaired) electrons. The number of carbonyl (C=O) groups is 3. The monoisotopic (exact) mass is 591 g/mol. The van der Waals surface area contributed by atoms with E-state index in [9.17, 15) is 14.4 Å². The van der Waals surface area contributed by atoms with Gasteiger partial charge in [-0.05, 0) is 67.1 Å². The molecule has 2 amide bonds. The molecule has 3 aromatic rings. The van der Waals surface area contributed by atoms with Crippen LogP contribution < -0.4 is 19.7 Å². The molecule has 39 heavy (non-hydrogen) atoms. The van der Waals surface area contributed by atoms with Gasteiger partial charge in [-0.2, -0.15) is 0 Å². The highest BCUT2D eigenvalue weighted by Crippen LogP contribution is 2.34. The minimum atomic E-state index is -0.505. The summed E-state index contributed by atoms with van der Waals surface area (Å²) in [4.78, 5) is 42.6. The number of ether oxygens (including phenoxy) is 2. The number of piperazine rings is 1. The van der Waals surface area contributed by atoms with Crippen molar-refractivity contribution in [1.82, 2.24) is 4.90 Å². The Balaban J connectivity index is 1.58. The van der Waals surface area contributed by atoms with Gasteiger partial charge in [0.15, 0.2) is 17.3 Å². The third-order valence-corrected chi connectivity index (χ3v) is 7.20. The minimum Gasteiger partial charge on any atom is -0.493 e. The quantitative estimate of drug-likeness (QED) is 0.171. The summed E-state index contributed by atoms with van der Waals surface area (Å²) in [5.74, 6) is 0.153. The van der Waals surface area contributed by atoms with E-state index in [1.165, 1.54) is 7.11 Å². The smallest absolute Gasteiger partial charge is 0.261 e. The van der Waals surface area contributed by atoms with Gasteiger partial charge < -0.3 is 24.6 Å². The van der Waals surface area contributed by atoms with E-state index in [1.54, 1.807) is 49.3 Å². The van der Waals surface area contributed by atoms with Gasteiger partial charge in [-0.15, -0.1) is 0 Å². The molecule has 1 N–H and O–H groups in total. The molecule has 1 heterocycles. The van der Waals surface area contributed by atoms with Crippen molar-refractivity contribution in [2.24, 2.45) is 0 Å². The number of halogens is 1. The molecule has 0 bridgehead atoms. The lowest BCUT2D eigenvalue weighted by Gasteiger charge is -2.36. The minimum absolute atomic E-state index is 0.00559.